The first-order chi connectivity index (χ1) is 9.14. The molecule has 2 rings (SSSR count). The Morgan fingerprint density at radius 2 is 1.79 bits per heavy atom. The second kappa shape index (κ2) is 7.38. The van der Waals surface area contributed by atoms with Crippen LogP contribution < -0.4 is 0 Å². The topological polar surface area (TPSA) is 61.1 Å². The minimum atomic E-state index is -0.981. The zero-order valence-corrected chi connectivity index (χ0v) is 11.0. The molecule has 1 aliphatic carbocycles. The van der Waals surface area contributed by atoms with E-state index in [-0.39, 0.29) is 5.41 Å². The Labute approximate surface area is 114 Å². The van der Waals surface area contributed by atoms with Gasteiger partial charge in [0.25, 0.3) is 0 Å². The van der Waals surface area contributed by atoms with Crippen LogP contribution in [0.4, 0.5) is 0 Å². The Bertz CT molecular complexity index is 453. The van der Waals surface area contributed by atoms with Crippen molar-refractivity contribution in [1.82, 2.24) is 0 Å². The number of carboxylic acid groups (broad SMARTS) is 1. The van der Waals surface area contributed by atoms with Gasteiger partial charge in [0.1, 0.15) is 0 Å². The maximum atomic E-state index is 9.34. The molecule has 3 nitrogen and oxygen atoms in total. The van der Waals surface area contributed by atoms with E-state index in [1.54, 1.807) is 0 Å². The number of aliphatic carboxylic acids is 1. The summed E-state index contributed by atoms with van der Waals surface area (Å²) >= 11 is 0. The average molecular weight is 257 g/mol. The van der Waals surface area contributed by atoms with Crippen LogP contribution in [0, 0.1) is 11.3 Å². The monoisotopic (exact) mass is 257 g/mol. The van der Waals surface area contributed by atoms with Gasteiger partial charge in [0.15, 0.2) is 0 Å². The Kier molecular flexibility index (Phi) is 5.81. The number of carboxylic acids is 1. The molecular formula is C16H19NO2. The van der Waals surface area contributed by atoms with Crippen molar-refractivity contribution in [1.29, 1.82) is 5.26 Å². The Morgan fingerprint density at radius 3 is 2.21 bits per heavy atom. The molecule has 1 aromatic carbocycles. The van der Waals surface area contributed by atoms with Gasteiger partial charge in [0, 0.05) is 6.08 Å². The van der Waals surface area contributed by atoms with E-state index in [1.165, 1.54) is 24.8 Å². The smallest absolute Gasteiger partial charge is 0.327 e. The van der Waals surface area contributed by atoms with E-state index < -0.39 is 5.97 Å². The summed E-state index contributed by atoms with van der Waals surface area (Å²) < 4.78 is 0. The molecule has 0 aliphatic heterocycles. The Hall–Kier alpha value is -2.08. The molecule has 0 heterocycles. The lowest BCUT2D eigenvalue weighted by molar-refractivity contribution is -0.131. The molecule has 0 amide bonds. The SMILES string of the molecule is C=CC(=O)O.N#CC1(c2ccccc2)CCCCC1. The van der Waals surface area contributed by atoms with Gasteiger partial charge in [-0.15, -0.1) is 0 Å². The van der Waals surface area contributed by atoms with Crippen LogP contribution in [0.3, 0.4) is 0 Å². The minimum Gasteiger partial charge on any atom is -0.478 e. The summed E-state index contributed by atoms with van der Waals surface area (Å²) in [6.45, 7) is 2.96. The fourth-order valence-corrected chi connectivity index (χ4v) is 2.38. The largest absolute Gasteiger partial charge is 0.478 e. The third-order valence-electron chi connectivity index (χ3n) is 3.42. The highest BCUT2D eigenvalue weighted by Gasteiger charge is 2.33. The van der Waals surface area contributed by atoms with Crippen LogP contribution in [-0.2, 0) is 10.2 Å². The summed E-state index contributed by atoms with van der Waals surface area (Å²) in [4.78, 5) is 9.25. The van der Waals surface area contributed by atoms with Gasteiger partial charge in [-0.05, 0) is 18.4 Å². The highest BCUT2D eigenvalue weighted by molar-refractivity contribution is 5.78. The number of nitrogens with zero attached hydrogens (tertiary/aromatic N) is 1. The molecule has 1 N–H and O–H groups in total. The molecule has 0 bridgehead atoms. The van der Waals surface area contributed by atoms with Gasteiger partial charge < -0.3 is 5.11 Å². The van der Waals surface area contributed by atoms with Crippen LogP contribution in [0.1, 0.15) is 37.7 Å². The quantitative estimate of drug-likeness (QED) is 0.822. The number of hydrogen-bond acceptors (Lipinski definition) is 2. The number of rotatable bonds is 2. The maximum Gasteiger partial charge on any atom is 0.327 e. The van der Waals surface area contributed by atoms with Crippen molar-refractivity contribution in [3.63, 3.8) is 0 Å². The van der Waals surface area contributed by atoms with Crippen molar-refractivity contribution in [3.8, 4) is 6.07 Å². The van der Waals surface area contributed by atoms with Crippen molar-refractivity contribution in [2.24, 2.45) is 0 Å². The van der Waals surface area contributed by atoms with Crippen LogP contribution in [-0.4, -0.2) is 11.1 Å². The summed E-state index contributed by atoms with van der Waals surface area (Å²) in [6, 6.07) is 12.8. The molecule has 0 atom stereocenters. The number of hydrogen-bond donors (Lipinski definition) is 1. The molecular weight excluding hydrogens is 238 g/mol. The van der Waals surface area contributed by atoms with Crippen molar-refractivity contribution < 1.29 is 9.90 Å². The molecule has 1 saturated carbocycles. The van der Waals surface area contributed by atoms with E-state index in [4.69, 9.17) is 5.11 Å². The van der Waals surface area contributed by atoms with E-state index in [0.29, 0.717) is 0 Å². The lowest BCUT2D eigenvalue weighted by atomic mass is 9.70. The second-order valence-corrected chi connectivity index (χ2v) is 4.66. The molecule has 3 heteroatoms. The molecule has 0 spiro atoms. The first kappa shape index (κ1) is 15.0. The van der Waals surface area contributed by atoms with E-state index >= 15 is 0 Å². The van der Waals surface area contributed by atoms with Gasteiger partial charge in [-0.3, -0.25) is 0 Å². The van der Waals surface area contributed by atoms with Gasteiger partial charge in [0.05, 0.1) is 11.5 Å². The average Bonchev–Trinajstić information content (AvgIpc) is 2.49. The van der Waals surface area contributed by atoms with Crippen molar-refractivity contribution in [2.45, 2.75) is 37.5 Å². The maximum absolute atomic E-state index is 9.34. The summed E-state index contributed by atoms with van der Waals surface area (Å²) in [5.74, 6) is -0.981. The second-order valence-electron chi connectivity index (χ2n) is 4.66. The molecule has 100 valence electrons. The highest BCUT2D eigenvalue weighted by atomic mass is 16.4. The van der Waals surface area contributed by atoms with Crippen molar-refractivity contribution in [3.05, 3.63) is 48.6 Å². The normalized spacial score (nSPS) is 16.4. The number of nitriles is 1. The van der Waals surface area contributed by atoms with Crippen LogP contribution in [0.25, 0.3) is 0 Å². The lowest BCUT2D eigenvalue weighted by Gasteiger charge is -2.30. The summed E-state index contributed by atoms with van der Waals surface area (Å²) in [5, 5.41) is 16.9. The predicted molar refractivity (Wildman–Crippen MR) is 74.7 cm³/mol. The summed E-state index contributed by atoms with van der Waals surface area (Å²) in [6.07, 6.45) is 6.59. The van der Waals surface area contributed by atoms with Crippen LogP contribution in [0.2, 0.25) is 0 Å². The molecule has 1 aliphatic rings. The molecule has 1 aromatic rings. The van der Waals surface area contributed by atoms with E-state index in [9.17, 15) is 10.1 Å². The molecule has 0 saturated heterocycles. The van der Waals surface area contributed by atoms with Gasteiger partial charge in [-0.2, -0.15) is 5.26 Å². The van der Waals surface area contributed by atoms with Crippen molar-refractivity contribution in [2.75, 3.05) is 0 Å². The third kappa shape index (κ3) is 4.26. The zero-order valence-electron chi connectivity index (χ0n) is 11.0. The Balaban J connectivity index is 0.000000312. The van der Waals surface area contributed by atoms with Gasteiger partial charge in [-0.25, -0.2) is 4.79 Å². The molecule has 0 aromatic heterocycles. The molecule has 19 heavy (non-hydrogen) atoms. The van der Waals surface area contributed by atoms with Crippen molar-refractivity contribution >= 4 is 5.97 Å². The number of benzene rings is 1. The molecule has 1 fully saturated rings. The lowest BCUT2D eigenvalue weighted by Crippen LogP contribution is -2.26. The zero-order chi connectivity index (χ0) is 14.1. The van der Waals surface area contributed by atoms with Crippen LogP contribution in [0.5, 0.6) is 0 Å². The van der Waals surface area contributed by atoms with Crippen LogP contribution >= 0.6 is 0 Å². The van der Waals surface area contributed by atoms with Crippen LogP contribution in [0.15, 0.2) is 43.0 Å². The first-order valence-electron chi connectivity index (χ1n) is 6.47. The predicted octanol–water partition coefficient (Wildman–Crippen LogP) is 3.67. The molecule has 0 radical (unpaired) electrons. The highest BCUT2D eigenvalue weighted by Crippen LogP contribution is 2.38. The van der Waals surface area contributed by atoms with Gasteiger partial charge in [-0.1, -0.05) is 56.2 Å². The van der Waals surface area contributed by atoms with Gasteiger partial charge >= 0.3 is 5.97 Å². The van der Waals surface area contributed by atoms with E-state index in [0.717, 1.165) is 18.9 Å². The summed E-state index contributed by atoms with van der Waals surface area (Å²) in [7, 11) is 0. The fraction of sp³-hybridized carbons (Fsp3) is 0.375. The van der Waals surface area contributed by atoms with E-state index in [2.05, 4.69) is 24.8 Å². The fourth-order valence-electron chi connectivity index (χ4n) is 2.38. The van der Waals surface area contributed by atoms with Gasteiger partial charge in [0.2, 0.25) is 0 Å². The third-order valence-corrected chi connectivity index (χ3v) is 3.42. The Morgan fingerprint density at radius 1 is 1.26 bits per heavy atom. The van der Waals surface area contributed by atoms with E-state index in [1.807, 2.05) is 18.2 Å². The molecule has 0 unspecified atom stereocenters. The summed E-state index contributed by atoms with van der Waals surface area (Å²) in [5.41, 5.74) is 1.03. The standard InChI is InChI=1S/C13H15N.C3H4O2/c14-11-13(9-5-2-6-10-13)12-7-3-1-4-8-12;1-2-3(4)5/h1,3-4,7-8H,2,5-6,9-10H2;2H,1H2,(H,4,5). The first-order valence-corrected chi connectivity index (χ1v) is 6.47. The minimum absolute atomic E-state index is 0.181. The number of carbonyl (C=O) groups is 1.